The number of pyridine rings is 2. The Labute approximate surface area is 173 Å². The van der Waals surface area contributed by atoms with Crippen LogP contribution in [0.4, 0.5) is 0 Å². The molecular formula is C23H21N5O2. The van der Waals surface area contributed by atoms with Gasteiger partial charge in [-0.25, -0.2) is 0 Å². The van der Waals surface area contributed by atoms with Crippen molar-refractivity contribution in [1.82, 2.24) is 25.0 Å². The van der Waals surface area contributed by atoms with Crippen molar-refractivity contribution in [3.05, 3.63) is 72.1 Å². The first kappa shape index (κ1) is 18.4. The number of rotatable bonds is 3. The Bertz CT molecular complexity index is 1190. The zero-order chi connectivity index (χ0) is 20.5. The molecule has 1 saturated heterocycles. The summed E-state index contributed by atoms with van der Waals surface area (Å²) in [6, 6.07) is 13.5. The highest BCUT2D eigenvalue weighted by molar-refractivity contribution is 5.96. The molecule has 7 nitrogen and oxygen atoms in total. The Hall–Kier alpha value is -3.61. The van der Waals surface area contributed by atoms with Gasteiger partial charge in [0, 0.05) is 54.8 Å². The molecule has 7 heteroatoms. The molecule has 30 heavy (non-hydrogen) atoms. The molecule has 0 aliphatic carbocycles. The average Bonchev–Trinajstić information content (AvgIpc) is 3.25. The number of piperidine rings is 1. The normalized spacial score (nSPS) is 14.9. The highest BCUT2D eigenvalue weighted by atomic mass is 16.5. The maximum atomic E-state index is 13.0. The number of hydrogen-bond acceptors (Lipinski definition) is 6. The molecule has 0 unspecified atom stereocenters. The van der Waals surface area contributed by atoms with E-state index >= 15 is 0 Å². The summed E-state index contributed by atoms with van der Waals surface area (Å²) in [5.41, 5.74) is 3.43. The average molecular weight is 399 g/mol. The van der Waals surface area contributed by atoms with Crippen molar-refractivity contribution in [1.29, 1.82) is 0 Å². The van der Waals surface area contributed by atoms with Gasteiger partial charge in [-0.15, -0.1) is 0 Å². The third-order valence-electron chi connectivity index (χ3n) is 5.63. The molecule has 4 aromatic rings. The van der Waals surface area contributed by atoms with E-state index in [1.54, 1.807) is 19.3 Å². The lowest BCUT2D eigenvalue weighted by atomic mass is 9.95. The fourth-order valence-corrected chi connectivity index (χ4v) is 4.01. The first-order valence-electron chi connectivity index (χ1n) is 10.1. The van der Waals surface area contributed by atoms with E-state index in [4.69, 9.17) is 4.52 Å². The van der Waals surface area contributed by atoms with Crippen LogP contribution in [-0.4, -0.2) is 44.0 Å². The highest BCUT2D eigenvalue weighted by Gasteiger charge is 2.27. The van der Waals surface area contributed by atoms with Gasteiger partial charge in [0.1, 0.15) is 0 Å². The molecule has 0 N–H and O–H groups in total. The molecule has 1 aromatic carbocycles. The van der Waals surface area contributed by atoms with Crippen LogP contribution in [0.2, 0.25) is 0 Å². The van der Waals surface area contributed by atoms with Gasteiger partial charge in [-0.1, -0.05) is 17.3 Å². The van der Waals surface area contributed by atoms with Crippen molar-refractivity contribution in [3.8, 4) is 11.3 Å². The van der Waals surface area contributed by atoms with Gasteiger partial charge in [-0.05, 0) is 43.2 Å². The Balaban J connectivity index is 1.30. The van der Waals surface area contributed by atoms with Gasteiger partial charge in [-0.3, -0.25) is 14.8 Å². The SMILES string of the molecule is Cc1nc(C2CCN(C(=O)c3ccc(-c4nccc5ncccc45)cc3)CC2)no1. The molecule has 5 rings (SSSR count). The predicted molar refractivity (Wildman–Crippen MR) is 112 cm³/mol. The maximum Gasteiger partial charge on any atom is 0.253 e. The van der Waals surface area contributed by atoms with Gasteiger partial charge in [-0.2, -0.15) is 4.98 Å². The van der Waals surface area contributed by atoms with Crippen LogP contribution in [0.3, 0.4) is 0 Å². The molecule has 0 bridgehead atoms. The number of aromatic nitrogens is 4. The third kappa shape index (κ3) is 3.43. The molecule has 4 heterocycles. The minimum Gasteiger partial charge on any atom is -0.340 e. The molecule has 3 aromatic heterocycles. The van der Waals surface area contributed by atoms with E-state index in [9.17, 15) is 4.79 Å². The van der Waals surface area contributed by atoms with Crippen molar-refractivity contribution < 1.29 is 9.32 Å². The molecule has 0 atom stereocenters. The van der Waals surface area contributed by atoms with Crippen LogP contribution in [0, 0.1) is 6.92 Å². The molecule has 0 radical (unpaired) electrons. The Kier molecular flexibility index (Phi) is 4.71. The fraction of sp³-hybridized carbons (Fsp3) is 0.261. The van der Waals surface area contributed by atoms with E-state index in [2.05, 4.69) is 20.1 Å². The maximum absolute atomic E-state index is 13.0. The Morgan fingerprint density at radius 2 is 1.83 bits per heavy atom. The standard InChI is InChI=1S/C23H21N5O2/c1-15-26-22(27-30-15)17-9-13-28(14-10-17)23(29)18-6-4-16(5-7-18)21-19-3-2-11-24-20(19)8-12-25-21/h2-8,11-12,17H,9-10,13-14H2,1H3. The number of hydrogen-bond donors (Lipinski definition) is 0. The quantitative estimate of drug-likeness (QED) is 0.517. The summed E-state index contributed by atoms with van der Waals surface area (Å²) in [6.07, 6.45) is 5.22. The second-order valence-electron chi connectivity index (χ2n) is 7.55. The summed E-state index contributed by atoms with van der Waals surface area (Å²) in [6.45, 7) is 3.17. The second-order valence-corrected chi connectivity index (χ2v) is 7.55. The number of benzene rings is 1. The Morgan fingerprint density at radius 3 is 2.57 bits per heavy atom. The van der Waals surface area contributed by atoms with Crippen molar-refractivity contribution >= 4 is 16.8 Å². The molecule has 1 fully saturated rings. The largest absolute Gasteiger partial charge is 0.340 e. The molecule has 1 aliphatic heterocycles. The lowest BCUT2D eigenvalue weighted by molar-refractivity contribution is 0.0710. The van der Waals surface area contributed by atoms with Crippen molar-refractivity contribution in [3.63, 3.8) is 0 Å². The van der Waals surface area contributed by atoms with Crippen LogP contribution >= 0.6 is 0 Å². The number of carbonyl (C=O) groups is 1. The van der Waals surface area contributed by atoms with E-state index in [0.717, 1.165) is 40.8 Å². The summed E-state index contributed by atoms with van der Waals surface area (Å²) in [7, 11) is 0. The minimum absolute atomic E-state index is 0.0526. The first-order valence-corrected chi connectivity index (χ1v) is 10.1. The summed E-state index contributed by atoms with van der Waals surface area (Å²) in [5.74, 6) is 1.64. The molecule has 0 spiro atoms. The van der Waals surface area contributed by atoms with Crippen LogP contribution in [0.1, 0.15) is 40.8 Å². The van der Waals surface area contributed by atoms with Gasteiger partial charge in [0.25, 0.3) is 5.91 Å². The topological polar surface area (TPSA) is 85.0 Å². The zero-order valence-electron chi connectivity index (χ0n) is 16.7. The van der Waals surface area contributed by atoms with E-state index in [-0.39, 0.29) is 11.8 Å². The Morgan fingerprint density at radius 1 is 1.03 bits per heavy atom. The number of likely N-dealkylation sites (tertiary alicyclic amines) is 1. The number of carbonyl (C=O) groups excluding carboxylic acids is 1. The monoisotopic (exact) mass is 399 g/mol. The summed E-state index contributed by atoms with van der Waals surface area (Å²) >= 11 is 0. The molecule has 150 valence electrons. The minimum atomic E-state index is 0.0526. The van der Waals surface area contributed by atoms with Crippen LogP contribution < -0.4 is 0 Å². The van der Waals surface area contributed by atoms with Gasteiger partial charge in [0.15, 0.2) is 5.82 Å². The lowest BCUT2D eigenvalue weighted by Crippen LogP contribution is -2.38. The zero-order valence-corrected chi connectivity index (χ0v) is 16.7. The number of nitrogens with zero attached hydrogens (tertiary/aromatic N) is 5. The number of aryl methyl sites for hydroxylation is 1. The lowest BCUT2D eigenvalue weighted by Gasteiger charge is -2.30. The van der Waals surface area contributed by atoms with Crippen molar-refractivity contribution in [2.24, 2.45) is 0 Å². The van der Waals surface area contributed by atoms with Crippen LogP contribution in [-0.2, 0) is 0 Å². The highest BCUT2D eigenvalue weighted by Crippen LogP contribution is 2.28. The van der Waals surface area contributed by atoms with Crippen molar-refractivity contribution in [2.45, 2.75) is 25.7 Å². The number of amides is 1. The van der Waals surface area contributed by atoms with Crippen LogP contribution in [0.5, 0.6) is 0 Å². The molecule has 1 aliphatic rings. The molecule has 1 amide bonds. The number of fused-ring (bicyclic) bond motifs is 1. The van der Waals surface area contributed by atoms with Crippen LogP contribution in [0.25, 0.3) is 22.2 Å². The van der Waals surface area contributed by atoms with Gasteiger partial charge in [0.05, 0.1) is 11.2 Å². The van der Waals surface area contributed by atoms with E-state index in [1.807, 2.05) is 47.4 Å². The van der Waals surface area contributed by atoms with Crippen molar-refractivity contribution in [2.75, 3.05) is 13.1 Å². The molecule has 0 saturated carbocycles. The van der Waals surface area contributed by atoms with Gasteiger partial charge in [0.2, 0.25) is 5.89 Å². The molecular weight excluding hydrogens is 378 g/mol. The van der Waals surface area contributed by atoms with E-state index < -0.39 is 0 Å². The summed E-state index contributed by atoms with van der Waals surface area (Å²) < 4.78 is 5.09. The first-order chi connectivity index (χ1) is 14.7. The van der Waals surface area contributed by atoms with Gasteiger partial charge < -0.3 is 9.42 Å². The van der Waals surface area contributed by atoms with E-state index in [1.165, 1.54) is 0 Å². The second kappa shape index (κ2) is 7.67. The summed E-state index contributed by atoms with van der Waals surface area (Å²) in [4.78, 5) is 28.1. The van der Waals surface area contributed by atoms with Crippen LogP contribution in [0.15, 0.2) is 59.4 Å². The van der Waals surface area contributed by atoms with E-state index in [0.29, 0.717) is 24.5 Å². The van der Waals surface area contributed by atoms with Gasteiger partial charge >= 0.3 is 0 Å². The third-order valence-corrected chi connectivity index (χ3v) is 5.63. The summed E-state index contributed by atoms with van der Waals surface area (Å²) in [5, 5.41) is 5.03. The predicted octanol–water partition coefficient (Wildman–Crippen LogP) is 4.01. The smallest absolute Gasteiger partial charge is 0.253 e. The fourth-order valence-electron chi connectivity index (χ4n) is 4.01.